The van der Waals surface area contributed by atoms with E-state index in [4.69, 9.17) is 10.3 Å². The Balaban J connectivity index is 1.62. The number of rotatable bonds is 2. The molecular weight excluding hydrogens is 256 g/mol. The highest BCUT2D eigenvalue weighted by Gasteiger charge is 2.35. The minimum absolute atomic E-state index is 0.240. The van der Waals surface area contributed by atoms with Crippen molar-refractivity contribution in [1.29, 1.82) is 0 Å². The largest absolute Gasteiger partial charge is 0.397 e. The lowest BCUT2D eigenvalue weighted by atomic mass is 10.1. The van der Waals surface area contributed by atoms with Crippen LogP contribution in [0.1, 0.15) is 11.9 Å². The molecule has 5 heterocycles. The average Bonchev–Trinajstić information content (AvgIpc) is 2.98. The Labute approximate surface area is 116 Å². The van der Waals surface area contributed by atoms with Crippen LogP contribution in [0.2, 0.25) is 0 Å². The lowest BCUT2D eigenvalue weighted by molar-refractivity contribution is 0.00781. The van der Waals surface area contributed by atoms with Gasteiger partial charge in [-0.05, 0) is 6.07 Å². The van der Waals surface area contributed by atoms with E-state index in [2.05, 4.69) is 24.9 Å². The van der Waals surface area contributed by atoms with Gasteiger partial charge >= 0.3 is 0 Å². The van der Waals surface area contributed by atoms with Crippen LogP contribution >= 0.6 is 0 Å². The number of hydrogen-bond acceptors (Lipinski definition) is 7. The van der Waals surface area contributed by atoms with Gasteiger partial charge in [-0.15, -0.1) is 0 Å². The Morgan fingerprint density at radius 3 is 2.75 bits per heavy atom. The van der Waals surface area contributed by atoms with Crippen LogP contribution in [-0.4, -0.2) is 57.6 Å². The third kappa shape index (κ3) is 1.95. The molecule has 0 saturated carbocycles. The first-order chi connectivity index (χ1) is 9.79. The van der Waals surface area contributed by atoms with Gasteiger partial charge in [0.1, 0.15) is 0 Å². The summed E-state index contributed by atoms with van der Waals surface area (Å²) in [6.45, 7) is 5.41. The fourth-order valence-corrected chi connectivity index (χ4v) is 2.92. The van der Waals surface area contributed by atoms with E-state index in [0.717, 1.165) is 44.1 Å². The first-order valence-corrected chi connectivity index (χ1v) is 6.80. The molecule has 7 heteroatoms. The van der Waals surface area contributed by atoms with Crippen LogP contribution < -0.4 is 5.73 Å². The maximum atomic E-state index is 5.73. The molecule has 0 aliphatic carbocycles. The number of nitrogens with two attached hydrogens (primary N) is 1. The van der Waals surface area contributed by atoms with E-state index in [0.29, 0.717) is 11.6 Å². The second-order valence-electron chi connectivity index (χ2n) is 5.32. The summed E-state index contributed by atoms with van der Waals surface area (Å²) in [4.78, 5) is 13.4. The van der Waals surface area contributed by atoms with Gasteiger partial charge < -0.3 is 10.3 Å². The lowest BCUT2D eigenvalue weighted by Crippen LogP contribution is -2.57. The van der Waals surface area contributed by atoms with Crippen molar-refractivity contribution in [3.63, 3.8) is 0 Å². The van der Waals surface area contributed by atoms with Gasteiger partial charge in [0.2, 0.25) is 0 Å². The third-order valence-electron chi connectivity index (χ3n) is 4.02. The fourth-order valence-electron chi connectivity index (χ4n) is 2.92. The Morgan fingerprint density at radius 1 is 1.20 bits per heavy atom. The van der Waals surface area contributed by atoms with Crippen LogP contribution in [-0.2, 0) is 0 Å². The predicted molar refractivity (Wildman–Crippen MR) is 72.7 cm³/mol. The summed E-state index contributed by atoms with van der Waals surface area (Å²) in [6.07, 6.45) is 3.28. The van der Waals surface area contributed by atoms with Crippen LogP contribution in [0.5, 0.6) is 0 Å². The predicted octanol–water partition coefficient (Wildman–Crippen LogP) is 0.386. The standard InChI is InChI=1S/C13H16N6O/c14-10-5-9(6-15-7-10)13-16-12(17-20-13)11-8-18-1-3-19(11)4-2-18/h5-7,11H,1-4,8,14H2. The molecule has 0 amide bonds. The summed E-state index contributed by atoms with van der Waals surface area (Å²) in [5.41, 5.74) is 7.08. The molecule has 3 saturated heterocycles. The smallest absolute Gasteiger partial charge is 0.259 e. The number of pyridine rings is 1. The van der Waals surface area contributed by atoms with Gasteiger partial charge in [0.05, 0.1) is 17.3 Å². The molecule has 0 spiro atoms. The van der Waals surface area contributed by atoms with Crippen molar-refractivity contribution in [2.75, 3.05) is 38.5 Å². The number of nitrogens with zero attached hydrogens (tertiary/aromatic N) is 5. The molecular formula is C13H16N6O. The van der Waals surface area contributed by atoms with Crippen LogP contribution in [0.3, 0.4) is 0 Å². The molecule has 3 aliphatic rings. The zero-order valence-corrected chi connectivity index (χ0v) is 11.1. The highest BCUT2D eigenvalue weighted by Crippen LogP contribution is 2.28. The van der Waals surface area contributed by atoms with Gasteiger partial charge in [-0.1, -0.05) is 5.16 Å². The second-order valence-corrected chi connectivity index (χ2v) is 5.32. The number of fused-ring (bicyclic) bond motifs is 3. The molecule has 104 valence electrons. The molecule has 2 bridgehead atoms. The Bertz CT molecular complexity index is 619. The normalized spacial score (nSPS) is 28.7. The second kappa shape index (κ2) is 4.53. The topological polar surface area (TPSA) is 84.3 Å². The van der Waals surface area contributed by atoms with Crippen molar-refractivity contribution in [3.8, 4) is 11.5 Å². The van der Waals surface area contributed by atoms with Crippen molar-refractivity contribution in [1.82, 2.24) is 24.9 Å². The molecule has 20 heavy (non-hydrogen) atoms. The van der Waals surface area contributed by atoms with Crippen molar-refractivity contribution < 1.29 is 4.52 Å². The highest BCUT2D eigenvalue weighted by molar-refractivity contribution is 5.57. The van der Waals surface area contributed by atoms with E-state index in [1.807, 2.05) is 0 Å². The molecule has 1 atom stereocenters. The van der Waals surface area contributed by atoms with Crippen molar-refractivity contribution in [2.24, 2.45) is 0 Å². The molecule has 5 rings (SSSR count). The van der Waals surface area contributed by atoms with Crippen LogP contribution in [0.15, 0.2) is 23.0 Å². The first-order valence-electron chi connectivity index (χ1n) is 6.80. The molecule has 2 N–H and O–H groups in total. The van der Waals surface area contributed by atoms with Crippen LogP contribution in [0.25, 0.3) is 11.5 Å². The fraction of sp³-hybridized carbons (Fsp3) is 0.462. The van der Waals surface area contributed by atoms with Crippen molar-refractivity contribution in [2.45, 2.75) is 6.04 Å². The minimum atomic E-state index is 0.240. The monoisotopic (exact) mass is 272 g/mol. The summed E-state index contributed by atoms with van der Waals surface area (Å²) < 4.78 is 5.36. The van der Waals surface area contributed by atoms with Crippen LogP contribution in [0.4, 0.5) is 5.69 Å². The third-order valence-corrected chi connectivity index (χ3v) is 4.02. The van der Waals surface area contributed by atoms with Gasteiger partial charge in [-0.3, -0.25) is 14.8 Å². The average molecular weight is 272 g/mol. The maximum absolute atomic E-state index is 5.73. The van der Waals surface area contributed by atoms with Gasteiger partial charge in [-0.25, -0.2) is 0 Å². The van der Waals surface area contributed by atoms with E-state index in [1.54, 1.807) is 18.5 Å². The molecule has 0 radical (unpaired) electrons. The van der Waals surface area contributed by atoms with Crippen molar-refractivity contribution in [3.05, 3.63) is 24.3 Å². The summed E-state index contributed by atoms with van der Waals surface area (Å²) in [7, 11) is 0. The molecule has 7 nitrogen and oxygen atoms in total. The zero-order valence-electron chi connectivity index (χ0n) is 11.1. The van der Waals surface area contributed by atoms with Gasteiger partial charge in [-0.2, -0.15) is 4.98 Å². The minimum Gasteiger partial charge on any atom is -0.397 e. The lowest BCUT2D eigenvalue weighted by Gasteiger charge is -2.46. The van der Waals surface area contributed by atoms with Gasteiger partial charge in [0.15, 0.2) is 5.82 Å². The molecule has 3 aliphatic heterocycles. The number of hydrogen-bond donors (Lipinski definition) is 1. The van der Waals surface area contributed by atoms with E-state index < -0.39 is 0 Å². The Hall–Kier alpha value is -1.99. The number of nitrogen functional groups attached to an aromatic ring is 1. The summed E-state index contributed by atoms with van der Waals surface area (Å²) in [6, 6.07) is 2.03. The summed E-state index contributed by atoms with van der Waals surface area (Å²) in [5, 5.41) is 4.14. The SMILES string of the molecule is Nc1cncc(-c2nc(C3CN4CCN3CC4)no2)c1. The van der Waals surface area contributed by atoms with Crippen molar-refractivity contribution >= 4 is 5.69 Å². The van der Waals surface area contributed by atoms with Gasteiger partial charge in [0.25, 0.3) is 5.89 Å². The Morgan fingerprint density at radius 2 is 2.05 bits per heavy atom. The maximum Gasteiger partial charge on any atom is 0.259 e. The molecule has 0 aromatic carbocycles. The number of aromatic nitrogens is 3. The molecule has 1 unspecified atom stereocenters. The van der Waals surface area contributed by atoms with Crippen LogP contribution in [0, 0.1) is 0 Å². The number of piperazine rings is 3. The molecule has 2 aromatic rings. The molecule has 3 fully saturated rings. The van der Waals surface area contributed by atoms with Gasteiger partial charge in [0, 0.05) is 45.1 Å². The van der Waals surface area contributed by atoms with E-state index in [1.165, 1.54) is 0 Å². The summed E-state index contributed by atoms with van der Waals surface area (Å²) >= 11 is 0. The summed E-state index contributed by atoms with van der Waals surface area (Å²) in [5.74, 6) is 1.24. The van der Waals surface area contributed by atoms with E-state index in [9.17, 15) is 0 Å². The van der Waals surface area contributed by atoms with E-state index in [-0.39, 0.29) is 6.04 Å². The number of anilines is 1. The first kappa shape index (κ1) is 11.8. The van der Waals surface area contributed by atoms with E-state index >= 15 is 0 Å². The Kier molecular flexibility index (Phi) is 2.68. The quantitative estimate of drug-likeness (QED) is 0.846. The zero-order chi connectivity index (χ0) is 13.5. The highest BCUT2D eigenvalue weighted by atomic mass is 16.5. The molecule has 2 aromatic heterocycles.